The Bertz CT molecular complexity index is 5090. The van der Waals surface area contributed by atoms with Crippen molar-refractivity contribution < 1.29 is 130 Å². The third-order valence-electron chi connectivity index (χ3n) is 15.5. The van der Waals surface area contributed by atoms with Crippen LogP contribution in [0.3, 0.4) is 0 Å². The molecule has 9 aromatic rings. The number of benzene rings is 9. The maximum atomic E-state index is 13.5. The van der Waals surface area contributed by atoms with E-state index in [2.05, 4.69) is 57.9 Å². The molecule has 3 radical (unpaired) electrons. The SMILES string of the molecule is CC(C)(C)[S@@](=O)N=Cc1cccc(C#N)c1.CC(C)(C)[S@@](=O)NC(c1cccc(C#N)c1)c1ccc(F)c(N)c1.CC(C)(C)[S@](N)=O.CC(C)O.CC(C)O.CC(C)O.CC(C)O.CN(c1c[c-]ccc1F)[Si](C)(C)C.Cl.N#Cc1cccc(C(N)c2ccc(F)c(N)c2)c1.N#Cc1cccc([C@@H](N)c2ccc(F)c(N)c2)c1.O=CC1CC1.[B].[Br-].[C-]#[N+]c1cccc(C=O)c1.[H-].[Mg+2].[Na+].[Ti]. The van der Waals surface area contributed by atoms with Gasteiger partial charge in [-0.2, -0.15) is 43.6 Å². The van der Waals surface area contributed by atoms with Crippen molar-refractivity contribution in [3.8, 4) is 24.3 Å². The monoisotopic (exact) mass is 2040 g/mol. The summed E-state index contributed by atoms with van der Waals surface area (Å²) in [5.74, 6) is -1.13. The molecule has 37 heteroatoms. The normalized spacial score (nSPS) is 11.9. The van der Waals surface area contributed by atoms with Gasteiger partial charge in [-0.1, -0.05) is 105 Å². The van der Waals surface area contributed by atoms with Gasteiger partial charge in [0.25, 0.3) is 0 Å². The molecule has 0 amide bonds. The first kappa shape index (κ1) is 140. The maximum absolute atomic E-state index is 13.5. The van der Waals surface area contributed by atoms with Gasteiger partial charge in [0.15, 0.2) is 5.69 Å². The van der Waals surface area contributed by atoms with Crippen molar-refractivity contribution in [3.63, 3.8) is 0 Å². The number of hydrogen-bond donors (Lipinski definition) is 11. The van der Waals surface area contributed by atoms with Crippen LogP contribution in [-0.2, 0) is 59.5 Å². The van der Waals surface area contributed by atoms with E-state index in [-0.39, 0.29) is 170 Å². The minimum absolute atomic E-state index is 0. The fourth-order valence-electron chi connectivity index (χ4n) is 8.52. The Labute approximate surface area is 868 Å². The number of aldehydes is 2. The van der Waals surface area contributed by atoms with Crippen LogP contribution in [0.2, 0.25) is 19.6 Å². The number of nitrogens with one attached hydrogen (secondary N) is 1. The summed E-state index contributed by atoms with van der Waals surface area (Å²) < 4.78 is 95.5. The molecule has 0 aliphatic heterocycles. The fourth-order valence-corrected chi connectivity index (χ4v) is 10.8. The van der Waals surface area contributed by atoms with Crippen molar-refractivity contribution in [2.45, 2.75) is 207 Å². The van der Waals surface area contributed by atoms with Crippen LogP contribution in [0, 0.1) is 87.1 Å². The predicted octanol–water partition coefficient (Wildman–Crippen LogP) is 11.8. The number of nitriles is 4. The molecule has 6 atom stereocenters. The number of rotatable bonds is 14. The van der Waals surface area contributed by atoms with Gasteiger partial charge in [0, 0.05) is 78.1 Å². The van der Waals surface area contributed by atoms with E-state index in [4.69, 9.17) is 81.9 Å². The quantitative estimate of drug-likeness (QED) is 0.0120. The van der Waals surface area contributed by atoms with Crippen LogP contribution in [0.4, 0.5) is 46.0 Å². The smallest absolute Gasteiger partial charge is 1.00 e. The molecular formula is C96H129BBrClF4MgN14NaO9S3SiTi. The van der Waals surface area contributed by atoms with E-state index in [1.807, 2.05) is 104 Å². The zero-order chi connectivity index (χ0) is 97.9. The van der Waals surface area contributed by atoms with Crippen molar-refractivity contribution in [2.24, 2.45) is 26.9 Å². The number of nitrogens with zero attached hydrogens (tertiary/aromatic N) is 7. The number of aliphatic hydroxyl groups excluding tert-OH is 4. The number of nitrogen functional groups attached to an aromatic ring is 3. The third kappa shape index (κ3) is 63.9. The number of nitrogens with two attached hydrogens (primary N) is 6. The molecule has 0 spiro atoms. The maximum Gasteiger partial charge on any atom is 2.00 e. The first-order valence-electron chi connectivity index (χ1n) is 39.9. The number of halogens is 6. The summed E-state index contributed by atoms with van der Waals surface area (Å²) in [6.45, 7) is 43.6. The molecule has 10 rings (SSSR count). The molecule has 0 saturated heterocycles. The van der Waals surface area contributed by atoms with Crippen LogP contribution in [0.5, 0.6) is 0 Å². The van der Waals surface area contributed by atoms with Gasteiger partial charge in [0.05, 0.1) is 125 Å². The molecule has 17 N–H and O–H groups in total. The van der Waals surface area contributed by atoms with E-state index in [0.717, 1.165) is 47.7 Å². The second-order valence-corrected chi connectivity index (χ2v) is 43.7. The van der Waals surface area contributed by atoms with E-state index in [9.17, 15) is 39.8 Å². The van der Waals surface area contributed by atoms with Crippen LogP contribution in [0.25, 0.3) is 4.85 Å². The van der Waals surface area contributed by atoms with Gasteiger partial charge in [0.1, 0.15) is 49.2 Å². The Hall–Kier alpha value is -7.98. The summed E-state index contributed by atoms with van der Waals surface area (Å²) >= 11 is 0. The van der Waals surface area contributed by atoms with Crippen LogP contribution in [0.15, 0.2) is 199 Å². The van der Waals surface area contributed by atoms with E-state index in [1.54, 1.807) is 189 Å². The molecule has 1 fully saturated rings. The van der Waals surface area contributed by atoms with Crippen LogP contribution < -0.4 is 89.6 Å². The molecule has 133 heavy (non-hydrogen) atoms. The fraction of sp³-hybridized carbons (Fsp3) is 0.354. The van der Waals surface area contributed by atoms with E-state index in [1.165, 1.54) is 42.5 Å². The van der Waals surface area contributed by atoms with Crippen molar-refractivity contribution >= 4 is 132 Å². The Balaban J connectivity index is -0.000000189. The van der Waals surface area contributed by atoms with Gasteiger partial charge in [-0.25, -0.2) is 39.8 Å². The summed E-state index contributed by atoms with van der Waals surface area (Å²) in [7, 11) is -3.32. The molecule has 23 nitrogen and oxygen atoms in total. The largest absolute Gasteiger partial charge is 2.00 e. The minimum Gasteiger partial charge on any atom is -1.00 e. The van der Waals surface area contributed by atoms with E-state index >= 15 is 0 Å². The average Bonchev–Trinajstić information content (AvgIpc) is 1.60. The zero-order valence-corrected chi connectivity index (χ0v) is 90.8. The summed E-state index contributed by atoms with van der Waals surface area (Å²) in [5, 5.41) is 72.8. The van der Waals surface area contributed by atoms with Crippen molar-refractivity contribution in [1.29, 1.82) is 21.0 Å². The van der Waals surface area contributed by atoms with Gasteiger partial charge in [-0.05, 0) is 273 Å². The second-order valence-electron chi connectivity index (χ2n) is 33.0. The van der Waals surface area contributed by atoms with Gasteiger partial charge < -0.3 is 76.9 Å². The molecule has 1 aliphatic carbocycles. The Morgan fingerprint density at radius 2 is 0.872 bits per heavy atom. The molecule has 2 unspecified atom stereocenters. The summed E-state index contributed by atoms with van der Waals surface area (Å²) in [6, 6.07) is 62.4. The van der Waals surface area contributed by atoms with Crippen LogP contribution in [0.1, 0.15) is 222 Å². The van der Waals surface area contributed by atoms with E-state index < -0.39 is 81.5 Å². The molecule has 1 saturated carbocycles. The van der Waals surface area contributed by atoms with Crippen LogP contribution in [-0.4, -0.2) is 137 Å². The number of anilines is 4. The van der Waals surface area contributed by atoms with E-state index in [0.29, 0.717) is 61.8 Å². The third-order valence-corrected chi connectivity index (χ3v) is 21.9. The summed E-state index contributed by atoms with van der Waals surface area (Å²) in [4.78, 5) is 22.9. The average molecular weight is 2040 g/mol. The standard InChI is InChI=1S/C18H20FN3OS.2C14H12FN3.C12H14N2OS.C10H15FNSi.C8H5NO.C4H11NOS.C4H6O.4C3H8O.B.BrH.ClH.Mg.Na.Ti.H/c1-18(2,3)24(23)22-17(13-6-4-5-12(9-13)11-20)14-7-8-15(19)16(21)10-14;2*15-12-5-4-11(7-13(12)17)14(18)10-3-1-2-9(6-10)8-16;1-12(2,3)16(15)14-9-11-6-4-5-10(7-11)8-13;1-12(13(2,3)4)10-8-6-5-7-9(10)11;1-9-8-4-2-3-7(5-8)6-10;1-4(2,3)7(5)6;5-3-4-1-2-4;4*1-3(2)4;;;;;;;/h4-10,17,22H,21H2,1-3H3;2*1-7,14H,17-18H2;4-7,9H,1-3H3;5,7-8H,1-4H3;2-6H;5H2,1-3H3;3-4H,1-2H2;4*3-4H,1-2H3;;2*1H;;;;/q;;;;-1;;;;;;;;;;;+2;+1;;-1/p-1/t17?,24-;14-;;16-;;;7-;;;;;;;;;;;;/m11.1..1............/s1. The van der Waals surface area contributed by atoms with Gasteiger partial charge in [-0.15, -0.1) is 18.5 Å². The predicted molar refractivity (Wildman–Crippen MR) is 533 cm³/mol. The molecular weight excluding hydrogens is 1910 g/mol. The number of aliphatic hydroxyl groups is 4. The Morgan fingerprint density at radius 3 is 1.18 bits per heavy atom. The molecule has 0 bridgehead atoms. The zero-order valence-electron chi connectivity index (χ0n) is 81.0. The topological polar surface area (TPSA) is 450 Å². The first-order chi connectivity index (χ1) is 59.0. The number of carbonyl (C=O) groups is 2. The van der Waals surface area contributed by atoms with Crippen molar-refractivity contribution in [1.82, 2.24) is 4.72 Å². The van der Waals surface area contributed by atoms with Crippen molar-refractivity contribution in [3.05, 3.63) is 302 Å². The number of carbonyl (C=O) groups excluding carboxylic acids is 2. The minimum atomic E-state index is -1.46. The molecule has 0 aromatic heterocycles. The molecule has 711 valence electrons. The molecule has 1 aliphatic rings. The second kappa shape index (κ2) is 73.3. The first-order valence-corrected chi connectivity index (χ1v) is 46.9. The number of hydrogen-bond acceptors (Lipinski definition) is 19. The van der Waals surface area contributed by atoms with Crippen molar-refractivity contribution in [2.75, 3.05) is 28.8 Å². The Kier molecular flexibility index (Phi) is 77.4. The molecule has 9 aromatic carbocycles. The van der Waals surface area contributed by atoms with Gasteiger partial charge >= 0.3 is 52.6 Å². The molecule has 0 heterocycles. The summed E-state index contributed by atoms with van der Waals surface area (Å²) in [5.41, 5.74) is 38.1. The van der Waals surface area contributed by atoms with Crippen LogP contribution >= 0.6 is 12.4 Å². The summed E-state index contributed by atoms with van der Waals surface area (Å²) in [6.07, 6.45) is 4.92. The van der Waals surface area contributed by atoms with Gasteiger partial charge in [-0.3, -0.25) is 9.93 Å². The Morgan fingerprint density at radius 1 is 0.549 bits per heavy atom. The van der Waals surface area contributed by atoms with Gasteiger partial charge in [0.2, 0.25) is 0 Å².